The van der Waals surface area contributed by atoms with Crippen molar-refractivity contribution in [3.63, 3.8) is 0 Å². The summed E-state index contributed by atoms with van der Waals surface area (Å²) >= 11 is 11.8. The molecule has 0 aliphatic carbocycles. The molecule has 0 saturated heterocycles. The summed E-state index contributed by atoms with van der Waals surface area (Å²) in [6.45, 7) is 0. The molecule has 0 unspecified atom stereocenters. The summed E-state index contributed by atoms with van der Waals surface area (Å²) in [7, 11) is 0. The number of rotatable bonds is 3. The number of hydrazone groups is 1. The van der Waals surface area contributed by atoms with Gasteiger partial charge in [0, 0.05) is 30.4 Å². The smallest absolute Gasteiger partial charge is 0.0965 e. The number of hydrogen-bond donors (Lipinski definition) is 1. The van der Waals surface area contributed by atoms with Crippen molar-refractivity contribution in [1.82, 2.24) is 9.97 Å². The zero-order valence-corrected chi connectivity index (χ0v) is 10.2. The second kappa shape index (κ2) is 5.61. The maximum atomic E-state index is 5.92. The van der Waals surface area contributed by atoms with Gasteiger partial charge in [-0.3, -0.25) is 15.4 Å². The number of hydrogen-bond acceptors (Lipinski definition) is 4. The van der Waals surface area contributed by atoms with E-state index in [0.29, 0.717) is 15.7 Å². The summed E-state index contributed by atoms with van der Waals surface area (Å²) in [4.78, 5) is 7.81. The fourth-order valence-electron chi connectivity index (χ4n) is 1.14. The molecule has 0 atom stereocenters. The second-order valence-corrected chi connectivity index (χ2v) is 3.95. The molecular weight excluding hydrogens is 259 g/mol. The van der Waals surface area contributed by atoms with Crippen molar-refractivity contribution in [2.75, 3.05) is 5.43 Å². The molecule has 1 N–H and O–H groups in total. The van der Waals surface area contributed by atoms with E-state index in [-0.39, 0.29) is 0 Å². The van der Waals surface area contributed by atoms with E-state index in [1.165, 1.54) is 12.4 Å². The van der Waals surface area contributed by atoms with Gasteiger partial charge < -0.3 is 0 Å². The molecule has 0 fully saturated rings. The van der Waals surface area contributed by atoms with Crippen LogP contribution in [-0.4, -0.2) is 16.2 Å². The number of pyridine rings is 2. The van der Waals surface area contributed by atoms with Crippen LogP contribution in [0.4, 0.5) is 5.69 Å². The molecule has 0 aliphatic rings. The van der Waals surface area contributed by atoms with E-state index in [4.69, 9.17) is 23.2 Å². The van der Waals surface area contributed by atoms with E-state index in [2.05, 4.69) is 20.5 Å². The molecule has 0 saturated carbocycles. The van der Waals surface area contributed by atoms with Crippen LogP contribution < -0.4 is 5.43 Å². The summed E-state index contributed by atoms with van der Waals surface area (Å²) in [5, 5.41) is 4.86. The number of anilines is 1. The van der Waals surface area contributed by atoms with E-state index < -0.39 is 0 Å². The minimum absolute atomic E-state index is 0.417. The maximum Gasteiger partial charge on any atom is 0.0965 e. The van der Waals surface area contributed by atoms with Crippen molar-refractivity contribution in [2.45, 2.75) is 0 Å². The lowest BCUT2D eigenvalue weighted by atomic mass is 10.3. The SMILES string of the molecule is Clc1cncc(Cl)c1N/N=C/c1cccnc1. The molecular formula is C11H8Cl2N4. The molecule has 2 aromatic rings. The van der Waals surface area contributed by atoms with Gasteiger partial charge in [-0.2, -0.15) is 5.10 Å². The summed E-state index contributed by atoms with van der Waals surface area (Å²) in [5.41, 5.74) is 4.17. The van der Waals surface area contributed by atoms with Crippen molar-refractivity contribution >= 4 is 35.1 Å². The third-order valence-corrected chi connectivity index (χ3v) is 2.50. The van der Waals surface area contributed by atoms with Crippen LogP contribution in [-0.2, 0) is 0 Å². The largest absolute Gasteiger partial charge is 0.275 e. The average Bonchev–Trinajstić information content (AvgIpc) is 2.34. The van der Waals surface area contributed by atoms with E-state index in [1.807, 2.05) is 12.1 Å². The molecule has 0 spiro atoms. The quantitative estimate of drug-likeness (QED) is 0.686. The maximum absolute atomic E-state index is 5.92. The van der Waals surface area contributed by atoms with E-state index in [0.717, 1.165) is 5.56 Å². The van der Waals surface area contributed by atoms with Crippen LogP contribution >= 0.6 is 23.2 Å². The highest BCUT2D eigenvalue weighted by molar-refractivity contribution is 6.38. The third-order valence-electron chi connectivity index (χ3n) is 1.93. The van der Waals surface area contributed by atoms with Crippen molar-refractivity contribution < 1.29 is 0 Å². The van der Waals surface area contributed by atoms with Gasteiger partial charge in [0.25, 0.3) is 0 Å². The van der Waals surface area contributed by atoms with Crippen LogP contribution in [0.25, 0.3) is 0 Å². The first-order chi connectivity index (χ1) is 8.27. The number of nitrogens with one attached hydrogen (secondary N) is 1. The molecule has 2 rings (SSSR count). The normalized spacial score (nSPS) is 10.7. The monoisotopic (exact) mass is 266 g/mol. The zero-order chi connectivity index (χ0) is 12.1. The molecule has 0 amide bonds. The summed E-state index contributed by atoms with van der Waals surface area (Å²) in [6.07, 6.45) is 8.01. The zero-order valence-electron chi connectivity index (χ0n) is 8.64. The first-order valence-electron chi connectivity index (χ1n) is 4.75. The molecule has 86 valence electrons. The van der Waals surface area contributed by atoms with Crippen molar-refractivity contribution in [3.8, 4) is 0 Å². The predicted molar refractivity (Wildman–Crippen MR) is 69.7 cm³/mol. The van der Waals surface area contributed by atoms with Gasteiger partial charge in [0.2, 0.25) is 0 Å². The molecule has 6 heteroatoms. The Hall–Kier alpha value is -1.65. The Labute approximate surface area is 108 Å². The van der Waals surface area contributed by atoms with Crippen molar-refractivity contribution in [1.29, 1.82) is 0 Å². The third kappa shape index (κ3) is 3.15. The molecule has 17 heavy (non-hydrogen) atoms. The lowest BCUT2D eigenvalue weighted by molar-refractivity contribution is 1.28. The molecule has 0 aromatic carbocycles. The van der Waals surface area contributed by atoms with Gasteiger partial charge in [0.15, 0.2) is 0 Å². The van der Waals surface area contributed by atoms with Crippen molar-refractivity contribution in [2.24, 2.45) is 5.10 Å². The van der Waals surface area contributed by atoms with Gasteiger partial charge in [0.05, 0.1) is 21.9 Å². The number of halogens is 2. The van der Waals surface area contributed by atoms with E-state index >= 15 is 0 Å². The molecule has 2 heterocycles. The minimum Gasteiger partial charge on any atom is -0.275 e. The Morgan fingerprint density at radius 3 is 2.53 bits per heavy atom. The highest BCUT2D eigenvalue weighted by Crippen LogP contribution is 2.28. The van der Waals surface area contributed by atoms with Crippen molar-refractivity contribution in [3.05, 3.63) is 52.5 Å². The summed E-state index contributed by atoms with van der Waals surface area (Å²) < 4.78 is 0. The first-order valence-corrected chi connectivity index (χ1v) is 5.51. The Bertz CT molecular complexity index is 508. The Morgan fingerprint density at radius 1 is 1.12 bits per heavy atom. The average molecular weight is 267 g/mol. The topological polar surface area (TPSA) is 50.2 Å². The Morgan fingerprint density at radius 2 is 1.88 bits per heavy atom. The molecule has 0 aliphatic heterocycles. The van der Waals surface area contributed by atoms with Crippen LogP contribution in [0.3, 0.4) is 0 Å². The van der Waals surface area contributed by atoms with E-state index in [9.17, 15) is 0 Å². The van der Waals surface area contributed by atoms with Gasteiger partial charge in [0.1, 0.15) is 0 Å². The van der Waals surface area contributed by atoms with Gasteiger partial charge >= 0.3 is 0 Å². The highest BCUT2D eigenvalue weighted by Gasteiger charge is 2.03. The second-order valence-electron chi connectivity index (χ2n) is 3.13. The molecule has 0 radical (unpaired) electrons. The number of nitrogens with zero attached hydrogens (tertiary/aromatic N) is 3. The van der Waals surface area contributed by atoms with Crippen LogP contribution in [0.5, 0.6) is 0 Å². The van der Waals surface area contributed by atoms with Crippen LogP contribution in [0.15, 0.2) is 42.0 Å². The number of aromatic nitrogens is 2. The van der Waals surface area contributed by atoms with Crippen LogP contribution in [0.2, 0.25) is 10.0 Å². The fourth-order valence-corrected chi connectivity index (χ4v) is 1.59. The fraction of sp³-hybridized carbons (Fsp3) is 0. The minimum atomic E-state index is 0.417. The van der Waals surface area contributed by atoms with Gasteiger partial charge in [-0.1, -0.05) is 29.3 Å². The summed E-state index contributed by atoms with van der Waals surface area (Å²) in [5.74, 6) is 0. The highest BCUT2D eigenvalue weighted by atomic mass is 35.5. The van der Waals surface area contributed by atoms with Gasteiger partial charge in [-0.15, -0.1) is 0 Å². The molecule has 4 nitrogen and oxygen atoms in total. The predicted octanol–water partition coefficient (Wildman–Crippen LogP) is 3.23. The van der Waals surface area contributed by atoms with Crippen LogP contribution in [0, 0.1) is 0 Å². The van der Waals surface area contributed by atoms with Gasteiger partial charge in [-0.05, 0) is 6.07 Å². The summed E-state index contributed by atoms with van der Waals surface area (Å²) in [6, 6.07) is 3.71. The molecule has 0 bridgehead atoms. The van der Waals surface area contributed by atoms with Crippen LogP contribution in [0.1, 0.15) is 5.56 Å². The van der Waals surface area contributed by atoms with Gasteiger partial charge in [-0.25, -0.2) is 0 Å². The first kappa shape index (κ1) is 11.8. The Kier molecular flexibility index (Phi) is 3.90. The molecule has 2 aromatic heterocycles. The van der Waals surface area contributed by atoms with E-state index in [1.54, 1.807) is 18.6 Å². The lowest BCUT2D eigenvalue weighted by Crippen LogP contribution is -1.93. The lowest BCUT2D eigenvalue weighted by Gasteiger charge is -2.04. The standard InChI is InChI=1S/C11H8Cl2N4/c12-9-6-15-7-10(13)11(9)17-16-5-8-2-1-3-14-4-8/h1-7H,(H,15,17)/b16-5+. The Balaban J connectivity index is 2.10.